The molecule has 2 heterocycles. The monoisotopic (exact) mass is 185 g/mol. The van der Waals surface area contributed by atoms with Crippen LogP contribution in [0, 0.1) is 0 Å². The molecular formula is C10H19NO2. The van der Waals surface area contributed by atoms with Crippen molar-refractivity contribution in [2.75, 3.05) is 32.8 Å². The Balaban J connectivity index is 1.81. The Morgan fingerprint density at radius 1 is 1.23 bits per heavy atom. The summed E-state index contributed by atoms with van der Waals surface area (Å²) in [6.07, 6.45) is 4.81. The van der Waals surface area contributed by atoms with Crippen LogP contribution in [-0.4, -0.2) is 48.5 Å². The lowest BCUT2D eigenvalue weighted by Crippen LogP contribution is -2.44. The molecule has 3 nitrogen and oxygen atoms in total. The number of β-amino-alcohol motifs (C(OH)–C–C–N with tert-alkyl or cyclic N) is 1. The van der Waals surface area contributed by atoms with Gasteiger partial charge in [0.15, 0.2) is 0 Å². The predicted octanol–water partition coefficient (Wildman–Crippen LogP) is 0.624. The van der Waals surface area contributed by atoms with Crippen LogP contribution in [0.4, 0.5) is 0 Å². The van der Waals surface area contributed by atoms with Crippen molar-refractivity contribution in [1.29, 1.82) is 0 Å². The van der Waals surface area contributed by atoms with E-state index < -0.39 is 0 Å². The fourth-order valence-corrected chi connectivity index (χ4v) is 2.48. The molecule has 0 amide bonds. The van der Waals surface area contributed by atoms with E-state index in [1.165, 1.54) is 12.8 Å². The zero-order chi connectivity index (χ0) is 9.15. The first-order valence-corrected chi connectivity index (χ1v) is 5.32. The highest BCUT2D eigenvalue weighted by Gasteiger charge is 2.37. The highest BCUT2D eigenvalue weighted by molar-refractivity contribution is 4.90. The lowest BCUT2D eigenvalue weighted by molar-refractivity contribution is -0.0450. The standard InChI is InChI=1S/C10H19NO2/c12-8-7-11-5-3-10(4-6-11)2-1-9-13-10/h12H,1-9H2. The van der Waals surface area contributed by atoms with Gasteiger partial charge < -0.3 is 14.7 Å². The third-order valence-corrected chi connectivity index (χ3v) is 3.37. The first-order chi connectivity index (χ1) is 6.35. The number of piperidine rings is 1. The number of likely N-dealkylation sites (tertiary alicyclic amines) is 1. The van der Waals surface area contributed by atoms with Gasteiger partial charge in [-0.25, -0.2) is 0 Å². The predicted molar refractivity (Wildman–Crippen MR) is 50.7 cm³/mol. The minimum Gasteiger partial charge on any atom is -0.395 e. The van der Waals surface area contributed by atoms with Gasteiger partial charge in [-0.3, -0.25) is 0 Å². The second kappa shape index (κ2) is 3.95. The van der Waals surface area contributed by atoms with E-state index in [1.54, 1.807) is 0 Å². The topological polar surface area (TPSA) is 32.7 Å². The van der Waals surface area contributed by atoms with Crippen molar-refractivity contribution >= 4 is 0 Å². The maximum absolute atomic E-state index is 8.80. The molecule has 0 radical (unpaired) electrons. The van der Waals surface area contributed by atoms with Crippen LogP contribution in [0.15, 0.2) is 0 Å². The van der Waals surface area contributed by atoms with E-state index in [0.717, 1.165) is 39.1 Å². The van der Waals surface area contributed by atoms with E-state index in [-0.39, 0.29) is 12.2 Å². The van der Waals surface area contributed by atoms with Gasteiger partial charge in [0.2, 0.25) is 0 Å². The van der Waals surface area contributed by atoms with E-state index in [2.05, 4.69) is 4.90 Å². The summed E-state index contributed by atoms with van der Waals surface area (Å²) in [5, 5.41) is 8.80. The van der Waals surface area contributed by atoms with Crippen LogP contribution in [0.1, 0.15) is 25.7 Å². The smallest absolute Gasteiger partial charge is 0.0707 e. The number of hydrogen-bond donors (Lipinski definition) is 1. The van der Waals surface area contributed by atoms with Crippen molar-refractivity contribution in [3.05, 3.63) is 0 Å². The van der Waals surface area contributed by atoms with E-state index in [4.69, 9.17) is 9.84 Å². The largest absolute Gasteiger partial charge is 0.395 e. The number of hydrogen-bond acceptors (Lipinski definition) is 3. The van der Waals surface area contributed by atoms with Crippen LogP contribution >= 0.6 is 0 Å². The molecule has 2 aliphatic heterocycles. The molecule has 3 heteroatoms. The number of nitrogens with zero attached hydrogens (tertiary/aromatic N) is 1. The van der Waals surface area contributed by atoms with Crippen LogP contribution < -0.4 is 0 Å². The van der Waals surface area contributed by atoms with Gasteiger partial charge in [-0.15, -0.1) is 0 Å². The van der Waals surface area contributed by atoms with Crippen LogP contribution in [0.25, 0.3) is 0 Å². The maximum Gasteiger partial charge on any atom is 0.0707 e. The Morgan fingerprint density at radius 2 is 2.00 bits per heavy atom. The Morgan fingerprint density at radius 3 is 2.54 bits per heavy atom. The summed E-state index contributed by atoms with van der Waals surface area (Å²) in [5.41, 5.74) is 0.228. The maximum atomic E-state index is 8.80. The number of aliphatic hydroxyl groups is 1. The molecule has 2 rings (SSSR count). The van der Waals surface area contributed by atoms with Crippen molar-refractivity contribution in [3.63, 3.8) is 0 Å². The molecule has 0 unspecified atom stereocenters. The number of aliphatic hydroxyl groups excluding tert-OH is 1. The van der Waals surface area contributed by atoms with Crippen molar-refractivity contribution in [1.82, 2.24) is 4.90 Å². The summed E-state index contributed by atoms with van der Waals surface area (Å²) in [6, 6.07) is 0. The Kier molecular flexibility index (Phi) is 2.86. The second-order valence-corrected chi connectivity index (χ2v) is 4.20. The summed E-state index contributed by atoms with van der Waals surface area (Å²) >= 11 is 0. The molecule has 0 aromatic rings. The minimum absolute atomic E-state index is 0.228. The number of rotatable bonds is 2. The number of ether oxygens (including phenoxy) is 1. The zero-order valence-electron chi connectivity index (χ0n) is 8.17. The molecule has 2 aliphatic rings. The molecule has 0 aliphatic carbocycles. The van der Waals surface area contributed by atoms with E-state index in [0.29, 0.717) is 0 Å². The van der Waals surface area contributed by atoms with Crippen molar-refractivity contribution < 1.29 is 9.84 Å². The van der Waals surface area contributed by atoms with Gasteiger partial charge in [-0.1, -0.05) is 0 Å². The molecule has 2 fully saturated rings. The summed E-state index contributed by atoms with van der Waals surface area (Å²) in [7, 11) is 0. The van der Waals surface area contributed by atoms with Gasteiger partial charge in [0.05, 0.1) is 12.2 Å². The SMILES string of the molecule is OCCN1CCC2(CCCO2)CC1. The Labute approximate surface area is 79.7 Å². The molecule has 1 N–H and O–H groups in total. The van der Waals surface area contributed by atoms with Crippen LogP contribution in [0.5, 0.6) is 0 Å². The summed E-state index contributed by atoms with van der Waals surface area (Å²) in [4.78, 5) is 2.33. The summed E-state index contributed by atoms with van der Waals surface area (Å²) in [5.74, 6) is 0. The molecule has 76 valence electrons. The Bertz CT molecular complexity index is 156. The first kappa shape index (κ1) is 9.44. The molecule has 0 aromatic heterocycles. The Hall–Kier alpha value is -0.120. The molecular weight excluding hydrogens is 166 g/mol. The van der Waals surface area contributed by atoms with Crippen LogP contribution in [-0.2, 0) is 4.74 Å². The third kappa shape index (κ3) is 2.03. The molecule has 2 saturated heterocycles. The van der Waals surface area contributed by atoms with Gasteiger partial charge >= 0.3 is 0 Å². The summed E-state index contributed by atoms with van der Waals surface area (Å²) < 4.78 is 5.82. The average molecular weight is 185 g/mol. The molecule has 0 atom stereocenters. The lowest BCUT2D eigenvalue weighted by Gasteiger charge is -2.38. The van der Waals surface area contributed by atoms with Crippen molar-refractivity contribution in [2.45, 2.75) is 31.3 Å². The molecule has 0 saturated carbocycles. The fraction of sp³-hybridized carbons (Fsp3) is 1.00. The molecule has 0 bridgehead atoms. The minimum atomic E-state index is 0.228. The van der Waals surface area contributed by atoms with Crippen LogP contribution in [0.3, 0.4) is 0 Å². The third-order valence-electron chi connectivity index (χ3n) is 3.37. The van der Waals surface area contributed by atoms with Crippen molar-refractivity contribution in [3.8, 4) is 0 Å². The van der Waals surface area contributed by atoms with E-state index in [1.807, 2.05) is 0 Å². The fourth-order valence-electron chi connectivity index (χ4n) is 2.48. The van der Waals surface area contributed by atoms with E-state index in [9.17, 15) is 0 Å². The highest BCUT2D eigenvalue weighted by atomic mass is 16.5. The van der Waals surface area contributed by atoms with Gasteiger partial charge in [-0.05, 0) is 25.7 Å². The molecule has 0 aromatic carbocycles. The first-order valence-electron chi connectivity index (χ1n) is 5.32. The summed E-state index contributed by atoms with van der Waals surface area (Å²) in [6.45, 7) is 4.27. The van der Waals surface area contributed by atoms with Gasteiger partial charge in [0.1, 0.15) is 0 Å². The van der Waals surface area contributed by atoms with Gasteiger partial charge in [0.25, 0.3) is 0 Å². The van der Waals surface area contributed by atoms with Gasteiger partial charge in [0, 0.05) is 26.2 Å². The second-order valence-electron chi connectivity index (χ2n) is 4.20. The van der Waals surface area contributed by atoms with Crippen molar-refractivity contribution in [2.24, 2.45) is 0 Å². The molecule has 1 spiro atoms. The highest BCUT2D eigenvalue weighted by Crippen LogP contribution is 2.35. The average Bonchev–Trinajstić information content (AvgIpc) is 2.59. The molecule has 13 heavy (non-hydrogen) atoms. The van der Waals surface area contributed by atoms with Crippen LogP contribution in [0.2, 0.25) is 0 Å². The van der Waals surface area contributed by atoms with E-state index >= 15 is 0 Å². The quantitative estimate of drug-likeness (QED) is 0.684. The van der Waals surface area contributed by atoms with Gasteiger partial charge in [-0.2, -0.15) is 0 Å². The lowest BCUT2D eigenvalue weighted by atomic mass is 9.89. The normalized spacial score (nSPS) is 28.4. The zero-order valence-corrected chi connectivity index (χ0v) is 8.17.